The second-order valence-corrected chi connectivity index (χ2v) is 2.63. The van der Waals surface area contributed by atoms with Crippen LogP contribution >= 0.6 is 0 Å². The number of nitrogens with two attached hydrogens (primary N) is 1. The van der Waals surface area contributed by atoms with Gasteiger partial charge in [-0.1, -0.05) is 12.1 Å². The molecule has 0 fully saturated rings. The summed E-state index contributed by atoms with van der Waals surface area (Å²) < 4.78 is 0. The molecule has 4 nitrogen and oxygen atoms in total. The topological polar surface area (TPSA) is 83.2 Å². The van der Waals surface area contributed by atoms with Gasteiger partial charge in [-0.05, 0) is 17.7 Å². The Morgan fingerprint density at radius 3 is 2.23 bits per heavy atom. The van der Waals surface area contributed by atoms with Crippen molar-refractivity contribution >= 4 is 17.4 Å². The Labute approximate surface area is 75.0 Å². The first-order chi connectivity index (χ1) is 6.09. The van der Waals surface area contributed by atoms with Gasteiger partial charge in [0, 0.05) is 12.1 Å². The second kappa shape index (κ2) is 3.71. The number of Topliss-reactive ketones (excluding diaryl/α,β-unsaturated/α-hetero) is 1. The quantitative estimate of drug-likeness (QED) is 0.481. The molecular weight excluding hydrogens is 170 g/mol. The third-order valence-electron chi connectivity index (χ3n) is 1.57. The molecule has 0 bridgehead atoms. The number of ketones is 1. The van der Waals surface area contributed by atoms with Crippen LogP contribution < -0.4 is 10.8 Å². The molecule has 0 atom stereocenters. The molecule has 0 aliphatic carbocycles. The maximum atomic E-state index is 10.7. The van der Waals surface area contributed by atoms with Crippen LogP contribution in [0, 0.1) is 0 Å². The van der Waals surface area contributed by atoms with E-state index in [4.69, 9.17) is 5.73 Å². The van der Waals surface area contributed by atoms with Gasteiger partial charge in [-0.25, -0.2) is 0 Å². The Morgan fingerprint density at radius 1 is 1.23 bits per heavy atom. The highest BCUT2D eigenvalue weighted by Gasteiger charge is 2.03. The van der Waals surface area contributed by atoms with Crippen molar-refractivity contribution in [2.45, 2.75) is 6.42 Å². The summed E-state index contributed by atoms with van der Waals surface area (Å²) in [4.78, 5) is 20.8. The number of aliphatic carboxylic acids is 1. The van der Waals surface area contributed by atoms with Gasteiger partial charge in [0.2, 0.25) is 0 Å². The zero-order valence-electron chi connectivity index (χ0n) is 6.82. The molecule has 1 rings (SSSR count). The Morgan fingerprint density at radius 2 is 1.77 bits per heavy atom. The Bertz CT molecular complexity index is 329. The molecule has 4 heteroatoms. The summed E-state index contributed by atoms with van der Waals surface area (Å²) in [6.07, 6.45) is -0.150. The fraction of sp³-hybridized carbons (Fsp3) is 0.111. The van der Waals surface area contributed by atoms with Crippen LogP contribution in [-0.2, 0) is 16.0 Å². The molecule has 1 aromatic carbocycles. The molecular formula is C9H8NO3-. The fourth-order valence-corrected chi connectivity index (χ4v) is 0.893. The van der Waals surface area contributed by atoms with Gasteiger partial charge in [-0.15, -0.1) is 0 Å². The van der Waals surface area contributed by atoms with Gasteiger partial charge in [0.05, 0.1) is 0 Å². The molecule has 0 radical (unpaired) electrons. The third-order valence-corrected chi connectivity index (χ3v) is 1.57. The Kier molecular flexibility index (Phi) is 2.64. The summed E-state index contributed by atoms with van der Waals surface area (Å²) in [5, 5.41) is 10.1. The zero-order chi connectivity index (χ0) is 9.84. The van der Waals surface area contributed by atoms with Crippen molar-refractivity contribution < 1.29 is 14.7 Å². The minimum atomic E-state index is -1.66. The predicted molar refractivity (Wildman–Crippen MR) is 44.6 cm³/mol. The minimum absolute atomic E-state index is 0.150. The molecule has 0 aliphatic rings. The van der Waals surface area contributed by atoms with E-state index in [0.717, 1.165) is 0 Å². The van der Waals surface area contributed by atoms with Gasteiger partial charge in [0.15, 0.2) is 5.78 Å². The second-order valence-electron chi connectivity index (χ2n) is 2.63. The number of hydrogen-bond acceptors (Lipinski definition) is 4. The van der Waals surface area contributed by atoms with E-state index in [-0.39, 0.29) is 6.42 Å². The van der Waals surface area contributed by atoms with Gasteiger partial charge >= 0.3 is 0 Å². The molecule has 0 saturated carbocycles. The summed E-state index contributed by atoms with van der Waals surface area (Å²) in [5.74, 6) is -2.58. The van der Waals surface area contributed by atoms with Crippen molar-refractivity contribution in [3.8, 4) is 0 Å². The fourth-order valence-electron chi connectivity index (χ4n) is 0.893. The minimum Gasteiger partial charge on any atom is -0.542 e. The number of nitrogen functional groups attached to an aromatic ring is 1. The van der Waals surface area contributed by atoms with Gasteiger partial charge in [-0.2, -0.15) is 0 Å². The molecule has 0 unspecified atom stereocenters. The van der Waals surface area contributed by atoms with E-state index in [1.165, 1.54) is 0 Å². The van der Waals surface area contributed by atoms with Crippen LogP contribution in [0.5, 0.6) is 0 Å². The van der Waals surface area contributed by atoms with E-state index in [9.17, 15) is 14.7 Å². The first-order valence-corrected chi connectivity index (χ1v) is 3.68. The SMILES string of the molecule is Nc1ccc(CC(=O)C(=O)[O-])cc1. The lowest BCUT2D eigenvalue weighted by Gasteiger charge is -2.01. The first-order valence-electron chi connectivity index (χ1n) is 3.68. The Balaban J connectivity index is 2.70. The van der Waals surface area contributed by atoms with Gasteiger partial charge in [-0.3, -0.25) is 4.79 Å². The van der Waals surface area contributed by atoms with E-state index >= 15 is 0 Å². The van der Waals surface area contributed by atoms with E-state index in [1.54, 1.807) is 24.3 Å². The maximum Gasteiger partial charge on any atom is 0.182 e. The molecule has 1 aromatic rings. The first kappa shape index (κ1) is 9.25. The van der Waals surface area contributed by atoms with Crippen molar-refractivity contribution in [2.75, 3.05) is 5.73 Å². The van der Waals surface area contributed by atoms with E-state index in [1.807, 2.05) is 0 Å². The van der Waals surface area contributed by atoms with Gasteiger partial charge in [0.25, 0.3) is 0 Å². The van der Waals surface area contributed by atoms with Crippen LogP contribution in [0.4, 0.5) is 5.69 Å². The number of benzene rings is 1. The molecule has 0 aliphatic heterocycles. The van der Waals surface area contributed by atoms with E-state index < -0.39 is 11.8 Å². The van der Waals surface area contributed by atoms with Crippen LogP contribution in [0.2, 0.25) is 0 Å². The lowest BCUT2D eigenvalue weighted by atomic mass is 10.1. The van der Waals surface area contributed by atoms with Crippen LogP contribution in [0.1, 0.15) is 5.56 Å². The zero-order valence-corrected chi connectivity index (χ0v) is 6.82. The van der Waals surface area contributed by atoms with Crippen LogP contribution in [-0.4, -0.2) is 11.8 Å². The molecule has 68 valence electrons. The molecule has 13 heavy (non-hydrogen) atoms. The van der Waals surface area contributed by atoms with Crippen LogP contribution in [0.25, 0.3) is 0 Å². The molecule has 0 heterocycles. The van der Waals surface area contributed by atoms with Crippen molar-refractivity contribution in [3.05, 3.63) is 29.8 Å². The average molecular weight is 178 g/mol. The third kappa shape index (κ3) is 2.59. The number of hydrogen-bond donors (Lipinski definition) is 1. The predicted octanol–water partition coefficient (Wildman–Crippen LogP) is -0.870. The standard InChI is InChI=1S/C9H9NO3/c10-7-3-1-6(2-4-7)5-8(11)9(12)13/h1-4H,5,10H2,(H,12,13)/p-1. The summed E-state index contributed by atoms with van der Waals surface area (Å²) in [5.41, 5.74) is 6.59. The molecule has 0 spiro atoms. The maximum absolute atomic E-state index is 10.7. The number of carboxylic acids is 1. The monoisotopic (exact) mass is 178 g/mol. The molecule has 0 saturated heterocycles. The highest BCUT2D eigenvalue weighted by molar-refractivity contribution is 6.32. The normalized spacial score (nSPS) is 9.54. The van der Waals surface area contributed by atoms with E-state index in [0.29, 0.717) is 11.3 Å². The molecule has 0 amide bonds. The van der Waals surface area contributed by atoms with Crippen molar-refractivity contribution in [2.24, 2.45) is 0 Å². The summed E-state index contributed by atoms with van der Waals surface area (Å²) in [6.45, 7) is 0. The lowest BCUT2D eigenvalue weighted by molar-refractivity contribution is -0.299. The number of carbonyl (C=O) groups excluding carboxylic acids is 2. The largest absolute Gasteiger partial charge is 0.542 e. The number of carbonyl (C=O) groups is 2. The Hall–Kier alpha value is -1.84. The molecule has 0 aromatic heterocycles. The smallest absolute Gasteiger partial charge is 0.182 e. The number of anilines is 1. The summed E-state index contributed by atoms with van der Waals surface area (Å²) >= 11 is 0. The van der Waals surface area contributed by atoms with Gasteiger partial charge < -0.3 is 15.6 Å². The summed E-state index contributed by atoms with van der Waals surface area (Å²) in [6, 6.07) is 6.43. The summed E-state index contributed by atoms with van der Waals surface area (Å²) in [7, 11) is 0. The highest BCUT2D eigenvalue weighted by atomic mass is 16.4. The van der Waals surface area contributed by atoms with Gasteiger partial charge in [0.1, 0.15) is 5.97 Å². The lowest BCUT2D eigenvalue weighted by Crippen LogP contribution is -2.32. The van der Waals surface area contributed by atoms with Crippen molar-refractivity contribution in [1.82, 2.24) is 0 Å². The molecule has 2 N–H and O–H groups in total. The highest BCUT2D eigenvalue weighted by Crippen LogP contribution is 2.05. The van der Waals surface area contributed by atoms with Crippen LogP contribution in [0.15, 0.2) is 24.3 Å². The number of rotatable bonds is 3. The van der Waals surface area contributed by atoms with Crippen molar-refractivity contribution in [1.29, 1.82) is 0 Å². The average Bonchev–Trinajstić information content (AvgIpc) is 2.08. The van der Waals surface area contributed by atoms with Crippen LogP contribution in [0.3, 0.4) is 0 Å². The number of carboxylic acid groups (broad SMARTS) is 1. The van der Waals surface area contributed by atoms with Crippen molar-refractivity contribution in [3.63, 3.8) is 0 Å². The van der Waals surface area contributed by atoms with E-state index in [2.05, 4.69) is 0 Å².